The first-order chi connectivity index (χ1) is 10.3. The highest BCUT2D eigenvalue weighted by Gasteiger charge is 2.20. The Kier molecular flexibility index (Phi) is 4.26. The number of aryl methyl sites for hydroxylation is 1. The van der Waals surface area contributed by atoms with Gasteiger partial charge in [0.25, 0.3) is 0 Å². The van der Waals surface area contributed by atoms with Crippen molar-refractivity contribution in [1.82, 2.24) is 9.97 Å². The number of hydrogen-bond acceptors (Lipinski definition) is 2. The third-order valence-corrected chi connectivity index (χ3v) is 4.28. The van der Waals surface area contributed by atoms with Crippen LogP contribution in [0.1, 0.15) is 68.5 Å². The van der Waals surface area contributed by atoms with Gasteiger partial charge in [0.2, 0.25) is 0 Å². The van der Waals surface area contributed by atoms with E-state index >= 15 is 0 Å². The summed E-state index contributed by atoms with van der Waals surface area (Å²) in [6, 6.07) is 0. The smallest absolute Gasteiger partial charge is 0.352 e. The first-order valence-corrected chi connectivity index (χ1v) is 7.40. The summed E-state index contributed by atoms with van der Waals surface area (Å²) in [5.74, 6) is -0.899. The zero-order chi connectivity index (χ0) is 16.6. The molecule has 0 spiro atoms. The van der Waals surface area contributed by atoms with E-state index in [0.29, 0.717) is 6.42 Å². The van der Waals surface area contributed by atoms with Crippen molar-refractivity contribution in [3.63, 3.8) is 0 Å². The fraction of sp³-hybridized carbons (Fsp3) is 0.412. The number of carbonyl (C=O) groups is 2. The molecule has 0 saturated carbocycles. The summed E-state index contributed by atoms with van der Waals surface area (Å²) in [5.41, 5.74) is 6.46. The van der Waals surface area contributed by atoms with Crippen LogP contribution in [0.2, 0.25) is 0 Å². The number of rotatable bonds is 5. The van der Waals surface area contributed by atoms with Gasteiger partial charge in [0.05, 0.1) is 0 Å². The summed E-state index contributed by atoms with van der Waals surface area (Å²) in [5, 5.41) is 9.26. The largest absolute Gasteiger partial charge is 0.477 e. The van der Waals surface area contributed by atoms with Crippen molar-refractivity contribution in [2.24, 2.45) is 0 Å². The van der Waals surface area contributed by atoms with Gasteiger partial charge in [-0.15, -0.1) is 0 Å². The Morgan fingerprint density at radius 3 is 2.14 bits per heavy atom. The molecular weight excluding hydrogens is 280 g/mol. The lowest BCUT2D eigenvalue weighted by Gasteiger charge is -2.03. The van der Waals surface area contributed by atoms with E-state index in [2.05, 4.69) is 9.97 Å². The molecule has 118 valence electrons. The van der Waals surface area contributed by atoms with Crippen LogP contribution in [0.15, 0.2) is 0 Å². The number of aromatic carboxylic acids is 1. The first-order valence-electron chi connectivity index (χ1n) is 7.40. The van der Waals surface area contributed by atoms with E-state index in [1.165, 1.54) is 0 Å². The van der Waals surface area contributed by atoms with Crippen LogP contribution in [0, 0.1) is 20.8 Å². The number of aromatic amines is 2. The van der Waals surface area contributed by atoms with Crippen molar-refractivity contribution in [1.29, 1.82) is 0 Å². The summed E-state index contributed by atoms with van der Waals surface area (Å²) in [6.07, 6.45) is 1.33. The van der Waals surface area contributed by atoms with Crippen molar-refractivity contribution in [3.8, 4) is 0 Å². The predicted molar refractivity (Wildman–Crippen MR) is 84.9 cm³/mol. The van der Waals surface area contributed by atoms with Gasteiger partial charge in [-0.1, -0.05) is 6.92 Å². The van der Waals surface area contributed by atoms with Gasteiger partial charge >= 0.3 is 5.97 Å². The highest BCUT2D eigenvalue weighted by molar-refractivity contribution is 5.97. The summed E-state index contributed by atoms with van der Waals surface area (Å²) in [6.45, 7) is 9.21. The van der Waals surface area contributed by atoms with E-state index in [4.69, 9.17) is 0 Å². The van der Waals surface area contributed by atoms with Crippen LogP contribution in [0.25, 0.3) is 0 Å². The minimum absolute atomic E-state index is 0.0436. The number of nitrogens with one attached hydrogen (secondary N) is 2. The molecule has 0 unspecified atom stereocenters. The summed E-state index contributed by atoms with van der Waals surface area (Å²) in [4.78, 5) is 29.3. The normalized spacial score (nSPS) is 11.0. The van der Waals surface area contributed by atoms with E-state index in [1.54, 1.807) is 6.92 Å². The summed E-state index contributed by atoms with van der Waals surface area (Å²) < 4.78 is 0. The quantitative estimate of drug-likeness (QED) is 0.740. The van der Waals surface area contributed by atoms with Crippen LogP contribution in [0.3, 0.4) is 0 Å². The van der Waals surface area contributed by atoms with Gasteiger partial charge in [0, 0.05) is 29.1 Å². The minimum Gasteiger partial charge on any atom is -0.477 e. The molecule has 2 aromatic heterocycles. The Morgan fingerprint density at radius 1 is 1.05 bits per heavy atom. The topological polar surface area (TPSA) is 86.0 Å². The number of carboxylic acids is 1. The predicted octanol–water partition coefficient (Wildman–Crippen LogP) is 3.32. The van der Waals surface area contributed by atoms with Gasteiger partial charge in [0.1, 0.15) is 5.69 Å². The molecule has 0 aliphatic carbocycles. The van der Waals surface area contributed by atoms with Crippen LogP contribution in [-0.4, -0.2) is 26.8 Å². The van der Waals surface area contributed by atoms with Gasteiger partial charge in [-0.2, -0.15) is 0 Å². The number of aromatic nitrogens is 2. The second kappa shape index (κ2) is 5.83. The van der Waals surface area contributed by atoms with Crippen LogP contribution >= 0.6 is 0 Å². The molecule has 2 rings (SSSR count). The lowest BCUT2D eigenvalue weighted by Crippen LogP contribution is -1.99. The van der Waals surface area contributed by atoms with Crippen LogP contribution in [0.4, 0.5) is 0 Å². The monoisotopic (exact) mass is 302 g/mol. The van der Waals surface area contributed by atoms with E-state index in [0.717, 1.165) is 45.8 Å². The van der Waals surface area contributed by atoms with Crippen LogP contribution in [0.5, 0.6) is 0 Å². The van der Waals surface area contributed by atoms with E-state index in [-0.39, 0.29) is 11.5 Å². The average Bonchev–Trinajstić information content (AvgIpc) is 2.87. The zero-order valence-corrected chi connectivity index (χ0v) is 13.7. The van der Waals surface area contributed by atoms with Gasteiger partial charge in [-0.25, -0.2) is 4.79 Å². The molecule has 2 heterocycles. The minimum atomic E-state index is -0.942. The highest BCUT2D eigenvalue weighted by atomic mass is 16.4. The molecule has 5 heteroatoms. The number of carbonyl (C=O) groups excluding carboxylic acids is 1. The Bertz CT molecular complexity index is 751. The van der Waals surface area contributed by atoms with Crippen molar-refractivity contribution >= 4 is 11.8 Å². The van der Waals surface area contributed by atoms with Crippen LogP contribution < -0.4 is 0 Å². The van der Waals surface area contributed by atoms with E-state index < -0.39 is 5.97 Å². The second-order valence-corrected chi connectivity index (χ2v) is 5.70. The molecule has 0 radical (unpaired) electrons. The molecule has 0 saturated heterocycles. The number of H-pyrrole nitrogens is 2. The SMILES string of the molecule is CCc1c(Cc2[nH]c(C)c(C(C)=O)c2C)[nH]c(C(=O)O)c1C. The molecule has 2 aromatic rings. The Labute approximate surface area is 129 Å². The Balaban J connectivity index is 2.48. The molecule has 0 aliphatic rings. The van der Waals surface area contributed by atoms with Gasteiger partial charge in [0.15, 0.2) is 5.78 Å². The van der Waals surface area contributed by atoms with Crippen LogP contribution in [-0.2, 0) is 12.8 Å². The maximum atomic E-state index is 11.7. The van der Waals surface area contributed by atoms with E-state index in [9.17, 15) is 14.7 Å². The molecule has 0 atom stereocenters. The van der Waals surface area contributed by atoms with Crippen molar-refractivity contribution in [3.05, 3.63) is 45.0 Å². The molecule has 0 amide bonds. The molecule has 0 aliphatic heterocycles. The fourth-order valence-electron chi connectivity index (χ4n) is 3.24. The Morgan fingerprint density at radius 2 is 1.68 bits per heavy atom. The molecular formula is C17H22N2O3. The molecule has 0 aromatic carbocycles. The lowest BCUT2D eigenvalue weighted by atomic mass is 10.0. The maximum absolute atomic E-state index is 11.7. The van der Waals surface area contributed by atoms with E-state index in [1.807, 2.05) is 27.7 Å². The molecule has 3 N–H and O–H groups in total. The number of Topliss-reactive ketones (excluding diaryl/α,β-unsaturated/α-hetero) is 1. The standard InChI is InChI=1S/C17H22N2O3/c1-6-12-8(2)16(17(21)22)19-14(12)7-13-9(3)15(11(5)20)10(4)18-13/h18-19H,6-7H2,1-5H3,(H,21,22). The van der Waals surface area contributed by atoms with Crippen molar-refractivity contribution < 1.29 is 14.7 Å². The summed E-state index contributed by atoms with van der Waals surface area (Å²) in [7, 11) is 0. The third-order valence-electron chi connectivity index (χ3n) is 4.28. The van der Waals surface area contributed by atoms with Gasteiger partial charge in [-0.05, 0) is 50.8 Å². The van der Waals surface area contributed by atoms with Gasteiger partial charge < -0.3 is 15.1 Å². The fourth-order valence-corrected chi connectivity index (χ4v) is 3.24. The number of hydrogen-bond donors (Lipinski definition) is 3. The molecule has 0 fully saturated rings. The van der Waals surface area contributed by atoms with Crippen molar-refractivity contribution in [2.75, 3.05) is 0 Å². The van der Waals surface area contributed by atoms with Crippen molar-refractivity contribution in [2.45, 2.75) is 47.5 Å². The number of carboxylic acid groups (broad SMARTS) is 1. The molecule has 5 nitrogen and oxygen atoms in total. The molecule has 22 heavy (non-hydrogen) atoms. The first kappa shape index (κ1) is 16.1. The third kappa shape index (κ3) is 2.58. The van der Waals surface area contributed by atoms with Gasteiger partial charge in [-0.3, -0.25) is 4.79 Å². The summed E-state index contributed by atoms with van der Waals surface area (Å²) >= 11 is 0. The highest BCUT2D eigenvalue weighted by Crippen LogP contribution is 2.25. The Hall–Kier alpha value is -2.30. The maximum Gasteiger partial charge on any atom is 0.352 e. The lowest BCUT2D eigenvalue weighted by molar-refractivity contribution is 0.0690. The average molecular weight is 302 g/mol. The number of ketones is 1. The zero-order valence-electron chi connectivity index (χ0n) is 13.7. The second-order valence-electron chi connectivity index (χ2n) is 5.70. The molecule has 0 bridgehead atoms.